The number of primary amides is 2. The molecule has 6 nitrogen and oxygen atoms in total. The predicted octanol–water partition coefficient (Wildman–Crippen LogP) is -1.75. The molecule has 12 heavy (non-hydrogen) atoms. The summed E-state index contributed by atoms with van der Waals surface area (Å²) in [5.41, 5.74) is 15.0. The molecule has 0 fully saturated rings. The Morgan fingerprint density at radius 3 is 2.33 bits per heavy atom. The Morgan fingerprint density at radius 1 is 1.33 bits per heavy atom. The van der Waals surface area contributed by atoms with Crippen molar-refractivity contribution in [1.82, 2.24) is 5.32 Å². The second-order valence-corrected chi connectivity index (χ2v) is 2.44. The van der Waals surface area contributed by atoms with Gasteiger partial charge in [-0.2, -0.15) is 0 Å². The van der Waals surface area contributed by atoms with E-state index in [1.807, 2.05) is 0 Å². The maximum Gasteiger partial charge on any atom is 0.312 e. The van der Waals surface area contributed by atoms with Crippen molar-refractivity contribution >= 4 is 11.9 Å². The van der Waals surface area contributed by atoms with E-state index in [0.717, 1.165) is 0 Å². The summed E-state index contributed by atoms with van der Waals surface area (Å²) in [5, 5.41) is 2.37. The molecular weight excluding hydrogens is 160 g/mol. The molecule has 0 radical (unpaired) electrons. The highest BCUT2D eigenvalue weighted by Crippen LogP contribution is 1.91. The fourth-order valence-corrected chi connectivity index (χ4v) is 0.676. The van der Waals surface area contributed by atoms with Crippen molar-refractivity contribution in [3.05, 3.63) is 0 Å². The first-order chi connectivity index (χ1) is 5.54. The minimum absolute atomic E-state index is 0.413. The third-order valence-corrected chi connectivity index (χ3v) is 1.36. The van der Waals surface area contributed by atoms with Gasteiger partial charge in [0.15, 0.2) is 0 Å². The Bertz CT molecular complexity index is 171. The van der Waals surface area contributed by atoms with Gasteiger partial charge in [0, 0.05) is 6.54 Å². The number of carbonyl (C=O) groups is 2. The van der Waals surface area contributed by atoms with Gasteiger partial charge in [0.25, 0.3) is 0 Å². The zero-order chi connectivity index (χ0) is 9.56. The lowest BCUT2D eigenvalue weighted by Crippen LogP contribution is -2.37. The Kier molecular flexibility index (Phi) is 4.78. The van der Waals surface area contributed by atoms with Crippen LogP contribution in [0.15, 0.2) is 0 Å². The maximum atomic E-state index is 10.4. The number of carbonyl (C=O) groups excluding carboxylic acids is 2. The Morgan fingerprint density at radius 2 is 1.92 bits per heavy atom. The lowest BCUT2D eigenvalue weighted by molar-refractivity contribution is -0.119. The number of hydrogen-bond acceptors (Lipinski definition) is 3. The van der Waals surface area contributed by atoms with Crippen LogP contribution in [0.1, 0.15) is 12.8 Å². The molecule has 0 aromatic carbocycles. The van der Waals surface area contributed by atoms with Gasteiger partial charge in [0.1, 0.15) is 0 Å². The summed E-state index contributed by atoms with van der Waals surface area (Å²) in [4.78, 5) is 20.6. The van der Waals surface area contributed by atoms with Crippen molar-refractivity contribution in [2.75, 3.05) is 6.54 Å². The molecule has 7 N–H and O–H groups in total. The molecule has 0 aromatic heterocycles. The van der Waals surface area contributed by atoms with Crippen LogP contribution in [0.3, 0.4) is 0 Å². The summed E-state index contributed by atoms with van der Waals surface area (Å²) >= 11 is 0. The Balaban J connectivity index is 3.31. The van der Waals surface area contributed by atoms with E-state index in [1.54, 1.807) is 0 Å². The van der Waals surface area contributed by atoms with E-state index in [1.165, 1.54) is 0 Å². The molecular formula is C6H14N4O2. The third kappa shape index (κ3) is 5.48. The van der Waals surface area contributed by atoms with Gasteiger partial charge < -0.3 is 22.5 Å². The quantitative estimate of drug-likeness (QED) is 0.369. The molecule has 0 saturated carbocycles. The minimum Gasteiger partial charge on any atom is -0.368 e. The lowest BCUT2D eigenvalue weighted by atomic mass is 10.1. The average molecular weight is 174 g/mol. The average Bonchev–Trinajstić information content (AvgIpc) is 1.97. The number of urea groups is 1. The van der Waals surface area contributed by atoms with Gasteiger partial charge in [-0.25, -0.2) is 4.79 Å². The zero-order valence-electron chi connectivity index (χ0n) is 6.75. The molecule has 0 aliphatic carbocycles. The minimum atomic E-state index is -0.639. The highest BCUT2D eigenvalue weighted by Gasteiger charge is 2.07. The molecule has 3 amide bonds. The van der Waals surface area contributed by atoms with Crippen molar-refractivity contribution in [1.29, 1.82) is 0 Å². The number of hydrogen-bond donors (Lipinski definition) is 4. The molecule has 0 rings (SSSR count). The largest absolute Gasteiger partial charge is 0.368 e. The van der Waals surface area contributed by atoms with Crippen molar-refractivity contribution in [2.45, 2.75) is 18.9 Å². The van der Waals surface area contributed by atoms with Crippen molar-refractivity contribution < 1.29 is 9.59 Å². The van der Waals surface area contributed by atoms with Crippen LogP contribution in [-0.2, 0) is 4.79 Å². The summed E-state index contributed by atoms with van der Waals surface area (Å²) in [6.45, 7) is 0.413. The molecule has 0 aliphatic heterocycles. The van der Waals surface area contributed by atoms with E-state index in [4.69, 9.17) is 17.2 Å². The second kappa shape index (κ2) is 5.36. The molecule has 0 unspecified atom stereocenters. The Labute approximate surface area is 70.5 Å². The van der Waals surface area contributed by atoms with Crippen LogP contribution in [0.4, 0.5) is 4.79 Å². The normalized spacial score (nSPS) is 12.1. The van der Waals surface area contributed by atoms with E-state index >= 15 is 0 Å². The van der Waals surface area contributed by atoms with E-state index in [9.17, 15) is 9.59 Å². The van der Waals surface area contributed by atoms with Crippen LogP contribution < -0.4 is 22.5 Å². The third-order valence-electron chi connectivity index (χ3n) is 1.36. The van der Waals surface area contributed by atoms with E-state index in [-0.39, 0.29) is 0 Å². The van der Waals surface area contributed by atoms with Crippen molar-refractivity contribution in [3.8, 4) is 0 Å². The number of nitrogens with one attached hydrogen (secondary N) is 1. The van der Waals surface area contributed by atoms with Gasteiger partial charge in [-0.3, -0.25) is 4.79 Å². The van der Waals surface area contributed by atoms with Crippen LogP contribution in [-0.4, -0.2) is 24.5 Å². The smallest absolute Gasteiger partial charge is 0.312 e. The summed E-state index contributed by atoms with van der Waals surface area (Å²) < 4.78 is 0. The van der Waals surface area contributed by atoms with Gasteiger partial charge in [0.05, 0.1) is 6.04 Å². The van der Waals surface area contributed by atoms with Crippen LogP contribution in [0.25, 0.3) is 0 Å². The van der Waals surface area contributed by atoms with Crippen LogP contribution in [0.5, 0.6) is 0 Å². The molecule has 0 saturated heterocycles. The molecule has 0 heterocycles. The standard InChI is InChI=1S/C6H14N4O2/c7-4(5(8)11)2-1-3-10-6(9)12/h4H,1-3,7H2,(H2,8,11)(H3,9,10,12)/t4-/m0/s1. The first kappa shape index (κ1) is 10.7. The highest BCUT2D eigenvalue weighted by atomic mass is 16.2. The van der Waals surface area contributed by atoms with Gasteiger partial charge in [0.2, 0.25) is 5.91 Å². The molecule has 6 heteroatoms. The number of rotatable bonds is 5. The zero-order valence-corrected chi connectivity index (χ0v) is 6.75. The SMILES string of the molecule is NC(=O)NCCC[C@H](N)C(N)=O. The van der Waals surface area contributed by atoms with Crippen molar-refractivity contribution in [2.24, 2.45) is 17.2 Å². The summed E-state index contributed by atoms with van der Waals surface area (Å²) in [5.74, 6) is -0.533. The summed E-state index contributed by atoms with van der Waals surface area (Å²) in [6, 6.07) is -1.22. The first-order valence-corrected chi connectivity index (χ1v) is 3.62. The van der Waals surface area contributed by atoms with E-state index in [0.29, 0.717) is 19.4 Å². The fourth-order valence-electron chi connectivity index (χ4n) is 0.676. The molecule has 0 aliphatic rings. The van der Waals surface area contributed by atoms with Crippen LogP contribution in [0.2, 0.25) is 0 Å². The monoisotopic (exact) mass is 174 g/mol. The van der Waals surface area contributed by atoms with Gasteiger partial charge in [-0.05, 0) is 12.8 Å². The Hall–Kier alpha value is -1.30. The van der Waals surface area contributed by atoms with Gasteiger partial charge in [-0.1, -0.05) is 0 Å². The first-order valence-electron chi connectivity index (χ1n) is 3.62. The molecule has 0 aromatic rings. The predicted molar refractivity (Wildman–Crippen MR) is 44.0 cm³/mol. The summed E-state index contributed by atoms with van der Waals surface area (Å²) in [7, 11) is 0. The van der Waals surface area contributed by atoms with Gasteiger partial charge >= 0.3 is 6.03 Å². The van der Waals surface area contributed by atoms with E-state index in [2.05, 4.69) is 5.32 Å². The lowest BCUT2D eigenvalue weighted by Gasteiger charge is -2.06. The van der Waals surface area contributed by atoms with E-state index < -0.39 is 18.0 Å². The van der Waals surface area contributed by atoms with Crippen LogP contribution >= 0.6 is 0 Å². The maximum absolute atomic E-state index is 10.4. The highest BCUT2D eigenvalue weighted by molar-refractivity contribution is 5.79. The number of amides is 3. The summed E-state index contributed by atoms with van der Waals surface area (Å²) in [6.07, 6.45) is 1.04. The van der Waals surface area contributed by atoms with Crippen LogP contribution in [0, 0.1) is 0 Å². The molecule has 0 spiro atoms. The number of nitrogens with two attached hydrogens (primary N) is 3. The fraction of sp³-hybridized carbons (Fsp3) is 0.667. The molecule has 0 bridgehead atoms. The topological polar surface area (TPSA) is 124 Å². The van der Waals surface area contributed by atoms with Gasteiger partial charge in [-0.15, -0.1) is 0 Å². The molecule has 1 atom stereocenters. The van der Waals surface area contributed by atoms with Crippen molar-refractivity contribution in [3.63, 3.8) is 0 Å². The molecule has 70 valence electrons. The second-order valence-electron chi connectivity index (χ2n) is 2.44.